The molecule has 1 N–H and O–H groups in total. The zero-order valence-electron chi connectivity index (χ0n) is 9.06. The molecule has 1 atom stereocenters. The smallest absolute Gasteiger partial charge is 0.342 e. The second kappa shape index (κ2) is 4.94. The number of ether oxygens (including phenoxy) is 1. The van der Waals surface area contributed by atoms with Crippen LogP contribution in [0, 0.1) is 0 Å². The van der Waals surface area contributed by atoms with Crippen molar-refractivity contribution < 1.29 is 14.6 Å². The number of hydrogen-bond donors (Lipinski definition) is 1. The van der Waals surface area contributed by atoms with Gasteiger partial charge in [0.2, 0.25) is 0 Å². The van der Waals surface area contributed by atoms with E-state index in [-0.39, 0.29) is 0 Å². The third-order valence-corrected chi connectivity index (χ3v) is 2.39. The van der Waals surface area contributed by atoms with Gasteiger partial charge in [-0.25, -0.2) is 4.79 Å². The Morgan fingerprint density at radius 2 is 2.00 bits per heavy atom. The molecule has 0 heterocycles. The summed E-state index contributed by atoms with van der Waals surface area (Å²) in [6, 6.07) is 8.88. The monoisotopic (exact) mass is 208 g/mol. The molecule has 0 aromatic heterocycles. The first-order valence-electron chi connectivity index (χ1n) is 5.01. The molecule has 0 aliphatic heterocycles. The highest BCUT2D eigenvalue weighted by molar-refractivity contribution is 5.80. The predicted molar refractivity (Wildman–Crippen MR) is 57.3 cm³/mol. The fraction of sp³-hybridized carbons (Fsp3) is 0.417. The van der Waals surface area contributed by atoms with Crippen molar-refractivity contribution in [3.05, 3.63) is 35.9 Å². The summed E-state index contributed by atoms with van der Waals surface area (Å²) in [5.41, 5.74) is -0.927. The summed E-state index contributed by atoms with van der Waals surface area (Å²) in [5, 5.41) is 10.3. The van der Waals surface area contributed by atoms with Crippen LogP contribution in [0.4, 0.5) is 0 Å². The van der Waals surface area contributed by atoms with Crippen molar-refractivity contribution in [2.45, 2.75) is 25.4 Å². The Morgan fingerprint density at radius 3 is 2.47 bits per heavy atom. The molecule has 0 spiro atoms. The van der Waals surface area contributed by atoms with Gasteiger partial charge in [0.05, 0.1) is 7.11 Å². The van der Waals surface area contributed by atoms with E-state index in [0.29, 0.717) is 18.4 Å². The number of esters is 1. The summed E-state index contributed by atoms with van der Waals surface area (Å²) in [6.45, 7) is 1.91. The molecule has 0 aliphatic rings. The largest absolute Gasteiger partial charge is 0.467 e. The standard InChI is InChI=1S/C12H16O3/c1-3-9-12(14,11(13)15-2)10-7-5-4-6-8-10/h4-8,14H,3,9H2,1-2H3. The average Bonchev–Trinajstić information content (AvgIpc) is 2.29. The molecule has 3 heteroatoms. The summed E-state index contributed by atoms with van der Waals surface area (Å²) in [4.78, 5) is 11.6. The van der Waals surface area contributed by atoms with Gasteiger partial charge in [-0.1, -0.05) is 43.7 Å². The Hall–Kier alpha value is -1.35. The van der Waals surface area contributed by atoms with E-state index >= 15 is 0 Å². The minimum Gasteiger partial charge on any atom is -0.467 e. The third kappa shape index (κ3) is 2.36. The second-order valence-electron chi connectivity index (χ2n) is 3.47. The highest BCUT2D eigenvalue weighted by Gasteiger charge is 2.37. The van der Waals surface area contributed by atoms with E-state index in [2.05, 4.69) is 4.74 Å². The number of rotatable bonds is 4. The fourth-order valence-corrected chi connectivity index (χ4v) is 1.61. The van der Waals surface area contributed by atoms with Crippen molar-refractivity contribution in [2.75, 3.05) is 7.11 Å². The van der Waals surface area contributed by atoms with Gasteiger partial charge in [-0.15, -0.1) is 0 Å². The van der Waals surface area contributed by atoms with Gasteiger partial charge in [-0.3, -0.25) is 0 Å². The molecular formula is C12H16O3. The maximum Gasteiger partial charge on any atom is 0.342 e. The van der Waals surface area contributed by atoms with Gasteiger partial charge < -0.3 is 9.84 Å². The van der Waals surface area contributed by atoms with Gasteiger partial charge in [-0.2, -0.15) is 0 Å². The maximum absolute atomic E-state index is 11.6. The lowest BCUT2D eigenvalue weighted by Crippen LogP contribution is -2.36. The zero-order chi connectivity index (χ0) is 11.3. The SMILES string of the molecule is CCCC(O)(C(=O)OC)c1ccccc1. The summed E-state index contributed by atoms with van der Waals surface area (Å²) in [5.74, 6) is -0.601. The molecule has 15 heavy (non-hydrogen) atoms. The van der Waals surface area contributed by atoms with Crippen LogP contribution in [0.1, 0.15) is 25.3 Å². The van der Waals surface area contributed by atoms with Crippen molar-refractivity contribution in [1.82, 2.24) is 0 Å². The topological polar surface area (TPSA) is 46.5 Å². The van der Waals surface area contributed by atoms with E-state index in [1.165, 1.54) is 7.11 Å². The molecule has 0 amide bonds. The maximum atomic E-state index is 11.6. The Kier molecular flexibility index (Phi) is 3.86. The zero-order valence-corrected chi connectivity index (χ0v) is 9.06. The molecule has 0 bridgehead atoms. The Labute approximate surface area is 89.7 Å². The normalized spacial score (nSPS) is 14.3. The molecule has 0 radical (unpaired) electrons. The van der Waals surface area contributed by atoms with Crippen molar-refractivity contribution in [3.63, 3.8) is 0 Å². The summed E-state index contributed by atoms with van der Waals surface area (Å²) < 4.78 is 4.63. The van der Waals surface area contributed by atoms with Crippen LogP contribution in [0.2, 0.25) is 0 Å². The molecule has 1 rings (SSSR count). The van der Waals surface area contributed by atoms with Crippen molar-refractivity contribution in [2.24, 2.45) is 0 Å². The lowest BCUT2D eigenvalue weighted by molar-refractivity contribution is -0.164. The van der Waals surface area contributed by atoms with Gasteiger partial charge in [0.15, 0.2) is 5.60 Å². The van der Waals surface area contributed by atoms with Gasteiger partial charge in [0.25, 0.3) is 0 Å². The average molecular weight is 208 g/mol. The number of benzene rings is 1. The summed E-state index contributed by atoms with van der Waals surface area (Å²) >= 11 is 0. The van der Waals surface area contributed by atoms with Gasteiger partial charge in [-0.05, 0) is 12.0 Å². The van der Waals surface area contributed by atoms with Crippen LogP contribution >= 0.6 is 0 Å². The highest BCUT2D eigenvalue weighted by Crippen LogP contribution is 2.27. The molecule has 0 aliphatic carbocycles. The van der Waals surface area contributed by atoms with E-state index in [1.54, 1.807) is 24.3 Å². The van der Waals surface area contributed by atoms with Crippen LogP contribution < -0.4 is 0 Å². The second-order valence-corrected chi connectivity index (χ2v) is 3.47. The van der Waals surface area contributed by atoms with Crippen molar-refractivity contribution >= 4 is 5.97 Å². The molecule has 0 saturated heterocycles. The molecule has 0 saturated carbocycles. The number of carbonyl (C=O) groups excluding carboxylic acids is 1. The van der Waals surface area contributed by atoms with E-state index in [1.807, 2.05) is 13.0 Å². The fourth-order valence-electron chi connectivity index (χ4n) is 1.61. The molecule has 1 aromatic rings. The number of aliphatic hydroxyl groups is 1. The molecule has 3 nitrogen and oxygen atoms in total. The van der Waals surface area contributed by atoms with Crippen LogP contribution in [0.15, 0.2) is 30.3 Å². The van der Waals surface area contributed by atoms with E-state index in [0.717, 1.165) is 0 Å². The highest BCUT2D eigenvalue weighted by atomic mass is 16.5. The van der Waals surface area contributed by atoms with E-state index in [4.69, 9.17) is 0 Å². The minimum atomic E-state index is -1.51. The first-order valence-corrected chi connectivity index (χ1v) is 5.01. The van der Waals surface area contributed by atoms with Crippen molar-refractivity contribution in [3.8, 4) is 0 Å². The van der Waals surface area contributed by atoms with Crippen molar-refractivity contribution in [1.29, 1.82) is 0 Å². The molecule has 1 aromatic carbocycles. The first kappa shape index (κ1) is 11.7. The van der Waals surface area contributed by atoms with Crippen LogP contribution in [0.5, 0.6) is 0 Å². The van der Waals surface area contributed by atoms with Crippen LogP contribution in [-0.2, 0) is 15.1 Å². The van der Waals surface area contributed by atoms with Gasteiger partial charge >= 0.3 is 5.97 Å². The minimum absolute atomic E-state index is 0.365. The third-order valence-electron chi connectivity index (χ3n) is 2.39. The van der Waals surface area contributed by atoms with Crippen LogP contribution in [0.25, 0.3) is 0 Å². The quantitative estimate of drug-likeness (QED) is 0.768. The Morgan fingerprint density at radius 1 is 1.40 bits per heavy atom. The molecule has 82 valence electrons. The van der Waals surface area contributed by atoms with Gasteiger partial charge in [0, 0.05) is 0 Å². The number of methoxy groups -OCH3 is 1. The van der Waals surface area contributed by atoms with Crippen LogP contribution in [-0.4, -0.2) is 18.2 Å². The predicted octanol–water partition coefficient (Wildman–Crippen LogP) is 1.85. The summed E-state index contributed by atoms with van der Waals surface area (Å²) in [7, 11) is 1.28. The number of carbonyl (C=O) groups is 1. The molecule has 0 fully saturated rings. The number of hydrogen-bond acceptors (Lipinski definition) is 3. The molecular weight excluding hydrogens is 192 g/mol. The first-order chi connectivity index (χ1) is 7.15. The van der Waals surface area contributed by atoms with E-state index < -0.39 is 11.6 Å². The van der Waals surface area contributed by atoms with E-state index in [9.17, 15) is 9.90 Å². The van der Waals surface area contributed by atoms with Crippen LogP contribution in [0.3, 0.4) is 0 Å². The molecule has 1 unspecified atom stereocenters. The lowest BCUT2D eigenvalue weighted by atomic mass is 9.89. The van der Waals surface area contributed by atoms with Gasteiger partial charge in [0.1, 0.15) is 0 Å². The Bertz CT molecular complexity index is 321. The Balaban J connectivity index is 3.06. The summed E-state index contributed by atoms with van der Waals surface area (Å²) in [6.07, 6.45) is 1.07. The lowest BCUT2D eigenvalue weighted by Gasteiger charge is -2.25.